The van der Waals surface area contributed by atoms with Gasteiger partial charge in [0.1, 0.15) is 5.82 Å². The van der Waals surface area contributed by atoms with Gasteiger partial charge in [0.25, 0.3) is 0 Å². The lowest BCUT2D eigenvalue weighted by Gasteiger charge is -2.41. The van der Waals surface area contributed by atoms with E-state index in [1.165, 1.54) is 12.1 Å². The van der Waals surface area contributed by atoms with Crippen molar-refractivity contribution in [3.05, 3.63) is 53.6 Å². The normalized spacial score (nSPS) is 15.3. The van der Waals surface area contributed by atoms with Gasteiger partial charge in [-0.05, 0) is 30.5 Å². The number of amidine groups is 1. The number of ether oxygens (including phenoxy) is 1. The van der Waals surface area contributed by atoms with Gasteiger partial charge >= 0.3 is 0 Å². The zero-order valence-corrected chi connectivity index (χ0v) is 16.5. The van der Waals surface area contributed by atoms with Crippen LogP contribution in [0.5, 0.6) is 5.88 Å². The van der Waals surface area contributed by atoms with E-state index in [1.807, 2.05) is 18.5 Å². The van der Waals surface area contributed by atoms with Crippen LogP contribution >= 0.6 is 23.4 Å². The van der Waals surface area contributed by atoms with Crippen molar-refractivity contribution in [3.63, 3.8) is 0 Å². The lowest BCUT2D eigenvalue weighted by Crippen LogP contribution is -2.49. The van der Waals surface area contributed by atoms with Crippen molar-refractivity contribution < 1.29 is 9.13 Å². The molecule has 8 heteroatoms. The van der Waals surface area contributed by atoms with Gasteiger partial charge in [-0.25, -0.2) is 14.4 Å². The Kier molecular flexibility index (Phi) is 4.97. The zero-order valence-electron chi connectivity index (χ0n) is 14.9. The van der Waals surface area contributed by atoms with Crippen LogP contribution in [0.3, 0.4) is 0 Å². The van der Waals surface area contributed by atoms with Crippen molar-refractivity contribution in [2.45, 2.75) is 6.04 Å². The van der Waals surface area contributed by atoms with E-state index in [1.54, 1.807) is 37.2 Å². The molecular formula is C19H18ClFN4OS. The molecule has 0 N–H and O–H groups in total. The summed E-state index contributed by atoms with van der Waals surface area (Å²) >= 11 is 7.89. The molecule has 0 bridgehead atoms. The third-order valence-corrected chi connectivity index (χ3v) is 5.63. The average Bonchev–Trinajstić information content (AvgIpc) is 2.96. The monoisotopic (exact) mass is 404 g/mol. The van der Waals surface area contributed by atoms with Crippen molar-refractivity contribution in [1.82, 2.24) is 14.5 Å². The fourth-order valence-corrected chi connectivity index (χ4v) is 4.05. The Hall–Kier alpha value is -2.25. The van der Waals surface area contributed by atoms with E-state index < -0.39 is 0 Å². The van der Waals surface area contributed by atoms with Crippen LogP contribution in [-0.2, 0) is 0 Å². The number of aliphatic imine (C=N–C) groups is 1. The Morgan fingerprint density at radius 2 is 2.15 bits per heavy atom. The highest BCUT2D eigenvalue weighted by molar-refractivity contribution is 8.13. The van der Waals surface area contributed by atoms with Crippen molar-refractivity contribution in [2.75, 3.05) is 26.5 Å². The summed E-state index contributed by atoms with van der Waals surface area (Å²) in [6.45, 7) is 1.64. The largest absolute Gasteiger partial charge is 0.481 e. The first-order chi connectivity index (χ1) is 13.1. The van der Waals surface area contributed by atoms with Crippen LogP contribution in [0.15, 0.2) is 47.7 Å². The molecule has 2 aromatic heterocycles. The Morgan fingerprint density at radius 3 is 2.81 bits per heavy atom. The van der Waals surface area contributed by atoms with E-state index in [2.05, 4.69) is 19.4 Å². The second-order valence-corrected chi connectivity index (χ2v) is 7.44. The molecule has 0 saturated carbocycles. The summed E-state index contributed by atoms with van der Waals surface area (Å²) in [6, 6.07) is 8.69. The number of halogens is 2. The number of thioether (sulfide) groups is 1. The molecule has 27 heavy (non-hydrogen) atoms. The maximum Gasteiger partial charge on any atom is 0.213 e. The molecule has 1 fully saturated rings. The number of likely N-dealkylation sites (tertiary alicyclic amines) is 1. The first-order valence-corrected chi connectivity index (χ1v) is 10.0. The van der Waals surface area contributed by atoms with E-state index in [0.29, 0.717) is 10.9 Å². The molecule has 5 nitrogen and oxygen atoms in total. The molecule has 1 aromatic carbocycles. The quantitative estimate of drug-likeness (QED) is 0.467. The predicted molar refractivity (Wildman–Crippen MR) is 109 cm³/mol. The first kappa shape index (κ1) is 18.1. The van der Waals surface area contributed by atoms with E-state index in [4.69, 9.17) is 16.3 Å². The van der Waals surface area contributed by atoms with Gasteiger partial charge in [-0.3, -0.25) is 0 Å². The SMILES string of the molecule is COc1ccc(N=C(SC)N2CC(n3cc(Cl)c4cc(F)ccc43)C2)cn1. The van der Waals surface area contributed by atoms with E-state index in [-0.39, 0.29) is 11.9 Å². The summed E-state index contributed by atoms with van der Waals surface area (Å²) in [4.78, 5) is 11.1. The van der Waals surface area contributed by atoms with Crippen LogP contribution in [0.4, 0.5) is 10.1 Å². The van der Waals surface area contributed by atoms with E-state index in [0.717, 1.165) is 34.8 Å². The van der Waals surface area contributed by atoms with Crippen LogP contribution in [-0.4, -0.2) is 46.1 Å². The Morgan fingerprint density at radius 1 is 1.33 bits per heavy atom. The Balaban J connectivity index is 1.51. The number of pyridine rings is 1. The molecular weight excluding hydrogens is 387 g/mol. The minimum Gasteiger partial charge on any atom is -0.481 e. The molecule has 0 unspecified atom stereocenters. The maximum absolute atomic E-state index is 13.5. The third-order valence-electron chi connectivity index (χ3n) is 4.61. The van der Waals surface area contributed by atoms with Gasteiger partial charge in [0.2, 0.25) is 5.88 Å². The summed E-state index contributed by atoms with van der Waals surface area (Å²) in [7, 11) is 1.59. The number of aromatic nitrogens is 2. The van der Waals surface area contributed by atoms with Gasteiger partial charge in [-0.2, -0.15) is 0 Å². The number of methoxy groups -OCH3 is 1. The summed E-state index contributed by atoms with van der Waals surface area (Å²) in [6.07, 6.45) is 5.59. The van der Waals surface area contributed by atoms with Gasteiger partial charge in [0, 0.05) is 30.7 Å². The number of fused-ring (bicyclic) bond motifs is 1. The zero-order chi connectivity index (χ0) is 19.0. The second kappa shape index (κ2) is 7.40. The molecule has 1 aliphatic rings. The topological polar surface area (TPSA) is 42.6 Å². The highest BCUT2D eigenvalue weighted by Crippen LogP contribution is 2.34. The number of hydrogen-bond donors (Lipinski definition) is 0. The second-order valence-electron chi connectivity index (χ2n) is 6.26. The molecule has 1 aliphatic heterocycles. The molecule has 140 valence electrons. The number of rotatable bonds is 3. The lowest BCUT2D eigenvalue weighted by molar-refractivity contribution is 0.201. The molecule has 0 radical (unpaired) electrons. The van der Waals surface area contributed by atoms with Crippen LogP contribution in [0.2, 0.25) is 5.02 Å². The van der Waals surface area contributed by atoms with Crippen LogP contribution in [0.25, 0.3) is 10.9 Å². The highest BCUT2D eigenvalue weighted by atomic mass is 35.5. The summed E-state index contributed by atoms with van der Waals surface area (Å²) in [5.41, 5.74) is 1.74. The average molecular weight is 405 g/mol. The number of hydrogen-bond acceptors (Lipinski definition) is 4. The van der Waals surface area contributed by atoms with Crippen LogP contribution in [0.1, 0.15) is 6.04 Å². The van der Waals surface area contributed by atoms with E-state index in [9.17, 15) is 4.39 Å². The molecule has 0 aliphatic carbocycles. The molecule has 1 saturated heterocycles. The minimum atomic E-state index is -0.276. The maximum atomic E-state index is 13.5. The molecule has 4 rings (SSSR count). The number of benzene rings is 1. The van der Waals surface area contributed by atoms with E-state index >= 15 is 0 Å². The molecule has 0 atom stereocenters. The third kappa shape index (κ3) is 3.49. The highest BCUT2D eigenvalue weighted by Gasteiger charge is 2.31. The van der Waals surface area contributed by atoms with Crippen LogP contribution < -0.4 is 4.74 Å². The predicted octanol–water partition coefficient (Wildman–Crippen LogP) is 4.74. The molecule has 0 spiro atoms. The first-order valence-electron chi connectivity index (χ1n) is 8.42. The summed E-state index contributed by atoms with van der Waals surface area (Å²) in [5.74, 6) is 0.291. The minimum absolute atomic E-state index is 0.275. The van der Waals surface area contributed by atoms with Crippen molar-refractivity contribution in [2.24, 2.45) is 4.99 Å². The van der Waals surface area contributed by atoms with Gasteiger partial charge in [0.15, 0.2) is 5.17 Å². The smallest absolute Gasteiger partial charge is 0.213 e. The lowest BCUT2D eigenvalue weighted by atomic mass is 10.1. The number of nitrogens with zero attached hydrogens (tertiary/aromatic N) is 4. The van der Waals surface area contributed by atoms with Gasteiger partial charge < -0.3 is 14.2 Å². The standard InChI is InChI=1S/C19H18ClFN4OS/c1-26-18-6-4-13(8-22-18)23-19(27-2)24-9-14(10-24)25-11-16(20)15-7-12(21)3-5-17(15)25/h3-8,11,14H,9-10H2,1-2H3. The van der Waals surface area contributed by atoms with Gasteiger partial charge in [-0.1, -0.05) is 23.4 Å². The summed E-state index contributed by atoms with van der Waals surface area (Å²) < 4.78 is 20.7. The van der Waals surface area contributed by atoms with Crippen molar-refractivity contribution in [3.8, 4) is 5.88 Å². The molecule has 3 heterocycles. The van der Waals surface area contributed by atoms with Crippen molar-refractivity contribution >= 4 is 45.1 Å². The Labute approximate surface area is 165 Å². The molecule has 0 amide bonds. The Bertz CT molecular complexity index is 999. The van der Waals surface area contributed by atoms with Crippen LogP contribution in [0, 0.1) is 5.82 Å². The van der Waals surface area contributed by atoms with Crippen molar-refractivity contribution in [1.29, 1.82) is 0 Å². The summed E-state index contributed by atoms with van der Waals surface area (Å²) in [5, 5.41) is 2.26. The fourth-order valence-electron chi connectivity index (χ4n) is 3.19. The molecule has 3 aromatic rings. The fraction of sp³-hybridized carbons (Fsp3) is 0.263. The van der Waals surface area contributed by atoms with Gasteiger partial charge in [0.05, 0.1) is 35.6 Å². The van der Waals surface area contributed by atoms with Gasteiger partial charge in [-0.15, -0.1) is 0 Å².